The molecule has 0 aromatic rings. The number of hydrogen-bond acceptors (Lipinski definition) is 0. The predicted octanol–water partition coefficient (Wildman–Crippen LogP) is 4.27. The number of allylic oxidation sites excluding steroid dienone is 3. The van der Waals surface area contributed by atoms with Gasteiger partial charge in [0.25, 0.3) is 0 Å². The van der Waals surface area contributed by atoms with Gasteiger partial charge in [-0.3, -0.25) is 0 Å². The summed E-state index contributed by atoms with van der Waals surface area (Å²) in [4.78, 5) is 0. The summed E-state index contributed by atoms with van der Waals surface area (Å²) in [6.45, 7) is 6.04. The summed E-state index contributed by atoms with van der Waals surface area (Å²) in [7, 11) is 0. The van der Waals surface area contributed by atoms with E-state index in [4.69, 9.17) is 11.6 Å². The van der Waals surface area contributed by atoms with Crippen LogP contribution in [0.5, 0.6) is 0 Å². The largest absolute Gasteiger partial charge is 0.0996 e. The molecule has 0 bridgehead atoms. The molecule has 1 aliphatic carbocycles. The third-order valence-electron chi connectivity index (χ3n) is 2.56. The maximum absolute atomic E-state index is 5.78. The van der Waals surface area contributed by atoms with Crippen LogP contribution in [0.15, 0.2) is 23.3 Å². The molecule has 0 nitrogen and oxygen atoms in total. The first-order chi connectivity index (χ1) is 5.70. The van der Waals surface area contributed by atoms with E-state index < -0.39 is 0 Å². The average Bonchev–Trinajstić information content (AvgIpc) is 2.03. The van der Waals surface area contributed by atoms with Gasteiger partial charge in [-0.05, 0) is 38.5 Å². The van der Waals surface area contributed by atoms with Crippen molar-refractivity contribution < 1.29 is 0 Å². The van der Waals surface area contributed by atoms with E-state index >= 15 is 0 Å². The topological polar surface area (TPSA) is 0 Å². The Hall–Kier alpha value is -0.230. The van der Waals surface area contributed by atoms with Gasteiger partial charge in [0.2, 0.25) is 0 Å². The van der Waals surface area contributed by atoms with Gasteiger partial charge in [-0.2, -0.15) is 0 Å². The molecule has 1 fully saturated rings. The molecule has 1 unspecified atom stereocenters. The number of hydrogen-bond donors (Lipinski definition) is 0. The summed E-state index contributed by atoms with van der Waals surface area (Å²) in [5, 5.41) is 0.911. The molecule has 0 heterocycles. The molecule has 0 aromatic heterocycles. The maximum atomic E-state index is 5.78. The normalized spacial score (nSPS) is 26.0. The van der Waals surface area contributed by atoms with Crippen molar-refractivity contribution in [3.8, 4) is 0 Å². The van der Waals surface area contributed by atoms with Gasteiger partial charge < -0.3 is 0 Å². The number of rotatable bonds is 2. The smallest absolute Gasteiger partial charge is 0.0110 e. The van der Waals surface area contributed by atoms with Crippen molar-refractivity contribution in [2.75, 3.05) is 0 Å². The third-order valence-corrected chi connectivity index (χ3v) is 2.72. The minimum atomic E-state index is 0.701. The van der Waals surface area contributed by atoms with E-state index in [0.29, 0.717) is 5.92 Å². The Bertz CT molecular complexity index is 187. The molecule has 0 radical (unpaired) electrons. The second-order valence-electron chi connectivity index (χ2n) is 3.63. The Morgan fingerprint density at radius 1 is 1.67 bits per heavy atom. The van der Waals surface area contributed by atoms with Crippen LogP contribution in [0.1, 0.15) is 39.0 Å². The lowest BCUT2D eigenvalue weighted by molar-refractivity contribution is 0.458. The van der Waals surface area contributed by atoms with Crippen molar-refractivity contribution in [2.24, 2.45) is 5.92 Å². The zero-order valence-corrected chi connectivity index (χ0v) is 8.53. The molecule has 1 atom stereocenters. The SMILES string of the molecule is C=C1CCCCC1C/C=C(/C)Cl. The van der Waals surface area contributed by atoms with Gasteiger partial charge in [-0.15, -0.1) is 0 Å². The van der Waals surface area contributed by atoms with E-state index in [9.17, 15) is 0 Å². The summed E-state index contributed by atoms with van der Waals surface area (Å²) >= 11 is 5.78. The van der Waals surface area contributed by atoms with E-state index in [1.54, 1.807) is 0 Å². The predicted molar refractivity (Wildman–Crippen MR) is 55.3 cm³/mol. The molecule has 0 aromatic carbocycles. The summed E-state index contributed by atoms with van der Waals surface area (Å²) in [5.41, 5.74) is 1.43. The molecule has 1 aliphatic rings. The highest BCUT2D eigenvalue weighted by Gasteiger charge is 2.15. The Morgan fingerprint density at radius 2 is 2.42 bits per heavy atom. The molecule has 0 spiro atoms. The molecule has 68 valence electrons. The second-order valence-corrected chi connectivity index (χ2v) is 4.22. The fraction of sp³-hybridized carbons (Fsp3) is 0.636. The number of halogens is 1. The molecule has 1 rings (SSSR count). The van der Waals surface area contributed by atoms with Gasteiger partial charge in [0.15, 0.2) is 0 Å². The Morgan fingerprint density at radius 3 is 3.00 bits per heavy atom. The van der Waals surface area contributed by atoms with Crippen molar-refractivity contribution in [1.29, 1.82) is 0 Å². The van der Waals surface area contributed by atoms with Crippen LogP contribution in [0.4, 0.5) is 0 Å². The minimum Gasteiger partial charge on any atom is -0.0996 e. The summed E-state index contributed by atoms with van der Waals surface area (Å²) in [6, 6.07) is 0. The van der Waals surface area contributed by atoms with Crippen LogP contribution in [-0.2, 0) is 0 Å². The highest BCUT2D eigenvalue weighted by Crippen LogP contribution is 2.31. The van der Waals surface area contributed by atoms with Gasteiger partial charge >= 0.3 is 0 Å². The molecular weight excluding hydrogens is 168 g/mol. The van der Waals surface area contributed by atoms with Crippen LogP contribution in [-0.4, -0.2) is 0 Å². The van der Waals surface area contributed by atoms with E-state index in [0.717, 1.165) is 11.5 Å². The lowest BCUT2D eigenvalue weighted by atomic mass is 9.83. The molecule has 1 saturated carbocycles. The van der Waals surface area contributed by atoms with Crippen molar-refractivity contribution in [3.05, 3.63) is 23.3 Å². The van der Waals surface area contributed by atoms with Crippen molar-refractivity contribution in [1.82, 2.24) is 0 Å². The molecule has 1 heteroatoms. The fourth-order valence-electron chi connectivity index (χ4n) is 1.74. The van der Waals surface area contributed by atoms with E-state index in [-0.39, 0.29) is 0 Å². The van der Waals surface area contributed by atoms with Crippen LogP contribution < -0.4 is 0 Å². The van der Waals surface area contributed by atoms with E-state index in [1.165, 1.54) is 31.3 Å². The standard InChI is InChI=1S/C11H17Cl/c1-9-5-3-4-6-11(9)8-7-10(2)12/h7,11H,1,3-6,8H2,2H3/b10-7-. The molecule has 0 N–H and O–H groups in total. The van der Waals surface area contributed by atoms with Crippen LogP contribution >= 0.6 is 11.6 Å². The van der Waals surface area contributed by atoms with Crippen LogP contribution in [0, 0.1) is 5.92 Å². The first-order valence-electron chi connectivity index (χ1n) is 4.70. The Balaban J connectivity index is 2.39. The van der Waals surface area contributed by atoms with Crippen molar-refractivity contribution >= 4 is 11.6 Å². The van der Waals surface area contributed by atoms with E-state index in [2.05, 4.69) is 12.7 Å². The molecule has 0 saturated heterocycles. The van der Waals surface area contributed by atoms with Crippen molar-refractivity contribution in [3.63, 3.8) is 0 Å². The summed E-state index contributed by atoms with van der Waals surface area (Å²) in [6.07, 6.45) is 8.42. The lowest BCUT2D eigenvalue weighted by Crippen LogP contribution is -2.07. The third kappa shape index (κ3) is 3.02. The average molecular weight is 185 g/mol. The van der Waals surface area contributed by atoms with Gasteiger partial charge in [-0.1, -0.05) is 36.2 Å². The van der Waals surface area contributed by atoms with E-state index in [1.807, 2.05) is 6.92 Å². The quantitative estimate of drug-likeness (QED) is 0.563. The zero-order chi connectivity index (χ0) is 8.97. The first-order valence-corrected chi connectivity index (χ1v) is 5.08. The lowest BCUT2D eigenvalue weighted by Gasteiger charge is -2.23. The minimum absolute atomic E-state index is 0.701. The van der Waals surface area contributed by atoms with Gasteiger partial charge in [0.1, 0.15) is 0 Å². The molecular formula is C11H17Cl. The van der Waals surface area contributed by atoms with Crippen LogP contribution in [0.25, 0.3) is 0 Å². The summed E-state index contributed by atoms with van der Waals surface area (Å²) < 4.78 is 0. The highest BCUT2D eigenvalue weighted by atomic mass is 35.5. The monoisotopic (exact) mass is 184 g/mol. The molecule has 0 aliphatic heterocycles. The van der Waals surface area contributed by atoms with Crippen molar-refractivity contribution in [2.45, 2.75) is 39.0 Å². The van der Waals surface area contributed by atoms with Crippen LogP contribution in [0.3, 0.4) is 0 Å². The molecule has 12 heavy (non-hydrogen) atoms. The summed E-state index contributed by atoms with van der Waals surface area (Å²) in [5.74, 6) is 0.701. The van der Waals surface area contributed by atoms with Crippen LogP contribution in [0.2, 0.25) is 0 Å². The first kappa shape index (κ1) is 9.85. The Labute approximate surface area is 80.3 Å². The van der Waals surface area contributed by atoms with Gasteiger partial charge in [0.05, 0.1) is 0 Å². The van der Waals surface area contributed by atoms with Gasteiger partial charge in [-0.25, -0.2) is 0 Å². The molecule has 0 amide bonds. The zero-order valence-electron chi connectivity index (χ0n) is 7.78. The van der Waals surface area contributed by atoms with Gasteiger partial charge in [0, 0.05) is 5.03 Å². The second kappa shape index (κ2) is 4.71. The highest BCUT2D eigenvalue weighted by molar-refractivity contribution is 6.29. The fourth-order valence-corrected chi connectivity index (χ4v) is 1.83. The maximum Gasteiger partial charge on any atom is 0.0110 e. The Kier molecular flexibility index (Phi) is 3.87.